The second-order valence-corrected chi connectivity index (χ2v) is 6.27. The molecule has 1 saturated carbocycles. The summed E-state index contributed by atoms with van der Waals surface area (Å²) < 4.78 is 7.64. The smallest absolute Gasteiger partial charge is 0.226 e. The highest BCUT2D eigenvalue weighted by Gasteiger charge is 2.29. The van der Waals surface area contributed by atoms with Crippen molar-refractivity contribution in [2.75, 3.05) is 0 Å². The fraction of sp³-hybridized carbons (Fsp3) is 0.333. The van der Waals surface area contributed by atoms with Crippen molar-refractivity contribution in [3.05, 3.63) is 42.1 Å². The molecule has 0 radical (unpaired) electrons. The number of hydrogen-bond acceptors (Lipinski definition) is 6. The Morgan fingerprint density at radius 1 is 1.14 bits per heavy atom. The summed E-state index contributed by atoms with van der Waals surface area (Å²) >= 11 is 1.55. The molecule has 2 heterocycles. The maximum Gasteiger partial charge on any atom is 0.226 e. The van der Waals surface area contributed by atoms with Crippen molar-refractivity contribution in [3.63, 3.8) is 0 Å². The molecule has 3 aromatic rings. The summed E-state index contributed by atoms with van der Waals surface area (Å²) in [5.41, 5.74) is 1.05. The van der Waals surface area contributed by atoms with Crippen LogP contribution in [-0.4, -0.2) is 25.0 Å². The van der Waals surface area contributed by atoms with E-state index in [4.69, 9.17) is 4.42 Å². The minimum Gasteiger partial charge on any atom is -0.424 e. The molecule has 0 bridgehead atoms. The monoisotopic (exact) mass is 313 g/mol. The lowest BCUT2D eigenvalue weighted by Gasteiger charge is -2.02. The van der Waals surface area contributed by atoms with Gasteiger partial charge in [0, 0.05) is 18.5 Å². The Balaban J connectivity index is 1.47. The van der Waals surface area contributed by atoms with E-state index in [9.17, 15) is 0 Å². The number of aromatic nitrogens is 5. The maximum atomic E-state index is 5.66. The van der Waals surface area contributed by atoms with Gasteiger partial charge in [0.05, 0.1) is 5.75 Å². The Hall–Kier alpha value is -2.15. The Kier molecular flexibility index (Phi) is 3.42. The van der Waals surface area contributed by atoms with Gasteiger partial charge in [-0.25, -0.2) is 0 Å². The summed E-state index contributed by atoms with van der Waals surface area (Å²) in [7, 11) is 1.97. The van der Waals surface area contributed by atoms with Gasteiger partial charge in [-0.15, -0.1) is 20.4 Å². The minimum absolute atomic E-state index is 0.491. The van der Waals surface area contributed by atoms with Crippen molar-refractivity contribution < 1.29 is 4.42 Å². The Morgan fingerprint density at radius 3 is 2.73 bits per heavy atom. The van der Waals surface area contributed by atoms with Gasteiger partial charge in [-0.2, -0.15) is 0 Å². The predicted molar refractivity (Wildman–Crippen MR) is 82.3 cm³/mol. The predicted octanol–water partition coefficient (Wildman–Crippen LogP) is 3.03. The highest BCUT2D eigenvalue weighted by molar-refractivity contribution is 7.98. The van der Waals surface area contributed by atoms with Crippen molar-refractivity contribution in [1.29, 1.82) is 0 Å². The zero-order chi connectivity index (χ0) is 14.9. The lowest BCUT2D eigenvalue weighted by molar-refractivity contribution is 0.466. The lowest BCUT2D eigenvalue weighted by atomic mass is 10.2. The van der Waals surface area contributed by atoms with Crippen LogP contribution in [0.5, 0.6) is 0 Å². The average Bonchev–Trinajstić information content (AvgIpc) is 3.18. The largest absolute Gasteiger partial charge is 0.424 e. The Morgan fingerprint density at radius 2 is 1.95 bits per heavy atom. The van der Waals surface area contributed by atoms with Crippen molar-refractivity contribution >= 4 is 11.8 Å². The van der Waals surface area contributed by atoms with Crippen LogP contribution in [0, 0.1) is 0 Å². The zero-order valence-electron chi connectivity index (χ0n) is 12.1. The molecule has 4 rings (SSSR count). The third-order valence-corrected chi connectivity index (χ3v) is 4.61. The van der Waals surface area contributed by atoms with Gasteiger partial charge >= 0.3 is 0 Å². The van der Waals surface area contributed by atoms with E-state index in [2.05, 4.69) is 20.4 Å². The SMILES string of the molecule is Cn1c(SCc2nnc(C3CC3)o2)nnc1-c1ccccc1. The van der Waals surface area contributed by atoms with Gasteiger partial charge in [0.15, 0.2) is 11.0 Å². The molecular weight excluding hydrogens is 298 g/mol. The fourth-order valence-electron chi connectivity index (χ4n) is 2.23. The average molecular weight is 313 g/mol. The number of nitrogens with zero attached hydrogens (tertiary/aromatic N) is 5. The zero-order valence-corrected chi connectivity index (χ0v) is 13.0. The van der Waals surface area contributed by atoms with Gasteiger partial charge in [-0.05, 0) is 12.8 Å². The second-order valence-electron chi connectivity index (χ2n) is 5.33. The van der Waals surface area contributed by atoms with E-state index in [0.717, 1.165) is 22.4 Å². The molecule has 112 valence electrons. The van der Waals surface area contributed by atoms with E-state index >= 15 is 0 Å². The molecule has 0 amide bonds. The molecule has 0 aliphatic heterocycles. The van der Waals surface area contributed by atoms with E-state index in [0.29, 0.717) is 17.6 Å². The van der Waals surface area contributed by atoms with E-state index < -0.39 is 0 Å². The summed E-state index contributed by atoms with van der Waals surface area (Å²) in [6, 6.07) is 10.0. The van der Waals surface area contributed by atoms with Crippen LogP contribution in [0.15, 0.2) is 39.9 Å². The topological polar surface area (TPSA) is 69.6 Å². The highest BCUT2D eigenvalue weighted by Crippen LogP contribution is 2.39. The Labute approximate surface area is 132 Å². The number of hydrogen-bond donors (Lipinski definition) is 0. The van der Waals surface area contributed by atoms with Crippen LogP contribution in [0.2, 0.25) is 0 Å². The summed E-state index contributed by atoms with van der Waals surface area (Å²) in [6.07, 6.45) is 2.33. The summed E-state index contributed by atoms with van der Waals surface area (Å²) in [6.45, 7) is 0. The van der Waals surface area contributed by atoms with Gasteiger partial charge in [0.25, 0.3) is 0 Å². The van der Waals surface area contributed by atoms with Gasteiger partial charge in [-0.3, -0.25) is 0 Å². The van der Waals surface area contributed by atoms with Gasteiger partial charge < -0.3 is 8.98 Å². The van der Waals surface area contributed by atoms with Crippen molar-refractivity contribution in [2.24, 2.45) is 7.05 Å². The van der Waals surface area contributed by atoms with Crippen LogP contribution >= 0.6 is 11.8 Å². The first-order valence-electron chi connectivity index (χ1n) is 7.21. The van der Waals surface area contributed by atoms with Crippen LogP contribution in [0.4, 0.5) is 0 Å². The summed E-state index contributed by atoms with van der Waals surface area (Å²) in [4.78, 5) is 0. The fourth-order valence-corrected chi connectivity index (χ4v) is 2.97. The van der Waals surface area contributed by atoms with Crippen LogP contribution < -0.4 is 0 Å². The molecule has 0 atom stereocenters. The third kappa shape index (κ3) is 2.64. The minimum atomic E-state index is 0.491. The standard InChI is InChI=1S/C15H15N5OS/c1-20-13(10-5-3-2-4-6-10)17-19-15(20)22-9-12-16-18-14(21-12)11-7-8-11/h2-6,11H,7-9H2,1H3. The second kappa shape index (κ2) is 5.57. The molecule has 0 spiro atoms. The van der Waals surface area contributed by atoms with E-state index in [-0.39, 0.29) is 0 Å². The molecule has 0 unspecified atom stereocenters. The molecule has 7 heteroatoms. The molecule has 6 nitrogen and oxygen atoms in total. The molecular formula is C15H15N5OS. The highest BCUT2D eigenvalue weighted by atomic mass is 32.2. The molecule has 1 fully saturated rings. The van der Waals surface area contributed by atoms with Gasteiger partial charge in [-0.1, -0.05) is 42.1 Å². The van der Waals surface area contributed by atoms with E-state index in [1.54, 1.807) is 11.8 Å². The Bertz CT molecular complexity index is 778. The number of thioether (sulfide) groups is 1. The first kappa shape index (κ1) is 13.5. The molecule has 22 heavy (non-hydrogen) atoms. The van der Waals surface area contributed by atoms with E-state index in [1.165, 1.54) is 12.8 Å². The number of rotatable bonds is 5. The molecule has 2 aromatic heterocycles. The van der Waals surface area contributed by atoms with Crippen LogP contribution in [0.1, 0.15) is 30.5 Å². The van der Waals surface area contributed by atoms with Gasteiger partial charge in [0.2, 0.25) is 11.8 Å². The quantitative estimate of drug-likeness (QED) is 0.674. The van der Waals surface area contributed by atoms with Gasteiger partial charge in [0.1, 0.15) is 0 Å². The van der Waals surface area contributed by atoms with Crippen molar-refractivity contribution in [2.45, 2.75) is 29.7 Å². The summed E-state index contributed by atoms with van der Waals surface area (Å²) in [5, 5.41) is 17.5. The maximum absolute atomic E-state index is 5.66. The molecule has 0 saturated heterocycles. The van der Waals surface area contributed by atoms with Crippen molar-refractivity contribution in [3.8, 4) is 11.4 Å². The first-order chi connectivity index (χ1) is 10.8. The molecule has 1 aliphatic rings. The van der Waals surface area contributed by atoms with Crippen LogP contribution in [0.3, 0.4) is 0 Å². The first-order valence-corrected chi connectivity index (χ1v) is 8.19. The molecule has 1 aromatic carbocycles. The summed E-state index contributed by atoms with van der Waals surface area (Å²) in [5.74, 6) is 3.38. The van der Waals surface area contributed by atoms with E-state index in [1.807, 2.05) is 41.9 Å². The third-order valence-electron chi connectivity index (χ3n) is 3.60. The molecule has 1 aliphatic carbocycles. The lowest BCUT2D eigenvalue weighted by Crippen LogP contribution is -1.95. The van der Waals surface area contributed by atoms with Crippen LogP contribution in [-0.2, 0) is 12.8 Å². The van der Waals surface area contributed by atoms with Crippen LogP contribution in [0.25, 0.3) is 11.4 Å². The van der Waals surface area contributed by atoms with Crippen molar-refractivity contribution in [1.82, 2.24) is 25.0 Å². The normalized spacial score (nSPS) is 14.4. The molecule has 0 N–H and O–H groups in total. The number of benzene rings is 1.